The average molecular weight is 293 g/mol. The maximum absolute atomic E-state index is 11.0. The zero-order valence-electron chi connectivity index (χ0n) is 8.33. The van der Waals surface area contributed by atoms with Gasteiger partial charge in [-0.05, 0) is 22.0 Å². The molecule has 1 heterocycles. The first-order valence-corrected chi connectivity index (χ1v) is 6.05. The van der Waals surface area contributed by atoms with Crippen molar-refractivity contribution in [3.05, 3.63) is 20.8 Å². The first-order valence-electron chi connectivity index (χ1n) is 4.38. The third-order valence-corrected chi connectivity index (χ3v) is 3.52. The fourth-order valence-corrected chi connectivity index (χ4v) is 2.48. The van der Waals surface area contributed by atoms with E-state index in [0.717, 1.165) is 9.35 Å². The van der Waals surface area contributed by atoms with E-state index in [9.17, 15) is 4.79 Å². The average Bonchev–Trinajstić information content (AvgIpc) is 2.58. The van der Waals surface area contributed by atoms with Crippen LogP contribution >= 0.6 is 27.3 Å². The highest BCUT2D eigenvalue weighted by atomic mass is 79.9. The molecule has 1 unspecified atom stereocenters. The molecule has 0 saturated heterocycles. The van der Waals surface area contributed by atoms with Gasteiger partial charge in [0.15, 0.2) is 0 Å². The summed E-state index contributed by atoms with van der Waals surface area (Å²) in [5.74, 6) is -0.396. The van der Waals surface area contributed by atoms with Crippen LogP contribution in [0.15, 0.2) is 15.9 Å². The van der Waals surface area contributed by atoms with Gasteiger partial charge in [0.05, 0.1) is 6.61 Å². The Kier molecular flexibility index (Phi) is 5.24. The number of primary amides is 1. The van der Waals surface area contributed by atoms with Gasteiger partial charge in [-0.2, -0.15) is 0 Å². The molecule has 0 aliphatic heterocycles. The number of nitrogens with one attached hydrogen (secondary N) is 1. The van der Waals surface area contributed by atoms with E-state index in [2.05, 4.69) is 21.2 Å². The Bertz CT molecular complexity index is 330. The molecule has 4 nitrogen and oxygen atoms in total. The standard InChI is InChI=1S/C9H13BrN2O2S/c1-14-4-8(9(11)13)12-3-7-2-6(10)5-15-7/h2,5,8,12H,3-4H2,1H3,(H2,11,13). The smallest absolute Gasteiger partial charge is 0.236 e. The number of methoxy groups -OCH3 is 1. The van der Waals surface area contributed by atoms with E-state index in [-0.39, 0.29) is 0 Å². The Labute approximate surface area is 101 Å². The molecule has 0 aromatic carbocycles. The molecule has 1 aromatic rings. The third-order valence-electron chi connectivity index (χ3n) is 1.82. The Morgan fingerprint density at radius 3 is 3.00 bits per heavy atom. The zero-order valence-corrected chi connectivity index (χ0v) is 10.7. The van der Waals surface area contributed by atoms with E-state index < -0.39 is 11.9 Å². The quantitative estimate of drug-likeness (QED) is 0.825. The molecule has 0 saturated carbocycles. The lowest BCUT2D eigenvalue weighted by molar-refractivity contribution is -0.121. The van der Waals surface area contributed by atoms with Crippen molar-refractivity contribution >= 4 is 33.2 Å². The highest BCUT2D eigenvalue weighted by Crippen LogP contribution is 2.19. The molecule has 1 rings (SSSR count). The van der Waals surface area contributed by atoms with Crippen molar-refractivity contribution < 1.29 is 9.53 Å². The highest BCUT2D eigenvalue weighted by molar-refractivity contribution is 9.10. The van der Waals surface area contributed by atoms with E-state index in [0.29, 0.717) is 13.2 Å². The SMILES string of the molecule is COCC(NCc1cc(Br)cs1)C(N)=O. The maximum atomic E-state index is 11.0. The number of halogens is 1. The van der Waals surface area contributed by atoms with Crippen LogP contribution < -0.4 is 11.1 Å². The molecule has 1 aromatic heterocycles. The predicted molar refractivity (Wildman–Crippen MR) is 63.7 cm³/mol. The van der Waals surface area contributed by atoms with Gasteiger partial charge in [0, 0.05) is 28.4 Å². The normalized spacial score (nSPS) is 12.7. The molecule has 1 amide bonds. The first-order chi connectivity index (χ1) is 7.13. The second kappa shape index (κ2) is 6.22. The number of ether oxygens (including phenoxy) is 1. The monoisotopic (exact) mass is 292 g/mol. The van der Waals surface area contributed by atoms with Crippen LogP contribution in [0.4, 0.5) is 0 Å². The van der Waals surface area contributed by atoms with Gasteiger partial charge in [0.2, 0.25) is 5.91 Å². The second-order valence-electron chi connectivity index (χ2n) is 3.02. The van der Waals surface area contributed by atoms with Gasteiger partial charge in [-0.15, -0.1) is 11.3 Å². The molecule has 0 bridgehead atoms. The fourth-order valence-electron chi connectivity index (χ4n) is 1.08. The summed E-state index contributed by atoms with van der Waals surface area (Å²) in [7, 11) is 1.54. The lowest BCUT2D eigenvalue weighted by Gasteiger charge is -2.13. The Hall–Kier alpha value is -0.430. The van der Waals surface area contributed by atoms with Gasteiger partial charge in [-0.3, -0.25) is 10.1 Å². The van der Waals surface area contributed by atoms with Gasteiger partial charge < -0.3 is 10.5 Å². The summed E-state index contributed by atoms with van der Waals surface area (Å²) < 4.78 is 5.94. The van der Waals surface area contributed by atoms with Gasteiger partial charge in [-0.1, -0.05) is 0 Å². The number of amides is 1. The second-order valence-corrected chi connectivity index (χ2v) is 4.93. The number of nitrogens with two attached hydrogens (primary N) is 1. The first kappa shape index (κ1) is 12.6. The summed E-state index contributed by atoms with van der Waals surface area (Å²) in [5, 5.41) is 5.03. The van der Waals surface area contributed by atoms with Crippen LogP contribution in [-0.2, 0) is 16.1 Å². The summed E-state index contributed by atoms with van der Waals surface area (Å²) >= 11 is 4.98. The van der Waals surface area contributed by atoms with Crippen molar-refractivity contribution in [2.45, 2.75) is 12.6 Å². The van der Waals surface area contributed by atoms with Crippen molar-refractivity contribution in [2.75, 3.05) is 13.7 Å². The Morgan fingerprint density at radius 2 is 2.53 bits per heavy atom. The summed E-state index contributed by atoms with van der Waals surface area (Å²) in [6, 6.07) is 1.57. The summed E-state index contributed by atoms with van der Waals surface area (Å²) in [6.45, 7) is 0.912. The predicted octanol–water partition coefficient (Wildman–Crippen LogP) is 1.10. The van der Waals surface area contributed by atoms with Crippen molar-refractivity contribution in [2.24, 2.45) is 5.73 Å². The maximum Gasteiger partial charge on any atom is 0.236 e. The van der Waals surface area contributed by atoms with Crippen molar-refractivity contribution in [1.29, 1.82) is 0 Å². The molecular formula is C9H13BrN2O2S. The molecule has 0 aliphatic carbocycles. The van der Waals surface area contributed by atoms with Gasteiger partial charge >= 0.3 is 0 Å². The van der Waals surface area contributed by atoms with Crippen LogP contribution in [-0.4, -0.2) is 25.7 Å². The fraction of sp³-hybridized carbons (Fsp3) is 0.444. The molecule has 0 aliphatic rings. The third kappa shape index (κ3) is 4.29. The summed E-state index contributed by atoms with van der Waals surface area (Å²) in [6.07, 6.45) is 0. The number of hydrogen-bond donors (Lipinski definition) is 2. The van der Waals surface area contributed by atoms with Crippen LogP contribution in [0.1, 0.15) is 4.88 Å². The summed E-state index contributed by atoms with van der Waals surface area (Å²) in [5.41, 5.74) is 5.20. The molecule has 84 valence electrons. The number of carbonyl (C=O) groups is 1. The number of carbonyl (C=O) groups excluding carboxylic acids is 1. The lowest BCUT2D eigenvalue weighted by Crippen LogP contribution is -2.43. The molecule has 1 atom stereocenters. The molecule has 3 N–H and O–H groups in total. The highest BCUT2D eigenvalue weighted by Gasteiger charge is 2.14. The van der Waals surface area contributed by atoms with Crippen molar-refractivity contribution in [3.63, 3.8) is 0 Å². The van der Waals surface area contributed by atoms with E-state index in [1.165, 1.54) is 0 Å². The molecule has 0 fully saturated rings. The minimum absolute atomic E-state index is 0.294. The minimum Gasteiger partial charge on any atom is -0.383 e. The Balaban J connectivity index is 2.43. The van der Waals surface area contributed by atoms with E-state index >= 15 is 0 Å². The van der Waals surface area contributed by atoms with Crippen LogP contribution in [0.3, 0.4) is 0 Å². The number of rotatable bonds is 6. The van der Waals surface area contributed by atoms with Gasteiger partial charge in [0.1, 0.15) is 6.04 Å². The number of thiophene rings is 1. The van der Waals surface area contributed by atoms with Crippen LogP contribution in [0, 0.1) is 0 Å². The minimum atomic E-state index is -0.434. The van der Waals surface area contributed by atoms with Gasteiger partial charge in [0.25, 0.3) is 0 Å². The van der Waals surface area contributed by atoms with Gasteiger partial charge in [-0.25, -0.2) is 0 Å². The van der Waals surface area contributed by atoms with Crippen LogP contribution in [0.5, 0.6) is 0 Å². The molecule has 0 spiro atoms. The largest absolute Gasteiger partial charge is 0.383 e. The van der Waals surface area contributed by atoms with Crippen molar-refractivity contribution in [3.8, 4) is 0 Å². The topological polar surface area (TPSA) is 64.3 Å². The van der Waals surface area contributed by atoms with Crippen LogP contribution in [0.25, 0.3) is 0 Å². The Morgan fingerprint density at radius 1 is 1.80 bits per heavy atom. The molecule has 0 radical (unpaired) electrons. The molecular weight excluding hydrogens is 280 g/mol. The van der Waals surface area contributed by atoms with E-state index in [4.69, 9.17) is 10.5 Å². The van der Waals surface area contributed by atoms with E-state index in [1.54, 1.807) is 18.4 Å². The molecule has 15 heavy (non-hydrogen) atoms. The summed E-state index contributed by atoms with van der Waals surface area (Å²) in [4.78, 5) is 12.1. The molecule has 6 heteroatoms. The van der Waals surface area contributed by atoms with Crippen molar-refractivity contribution in [1.82, 2.24) is 5.32 Å². The zero-order chi connectivity index (χ0) is 11.3. The lowest BCUT2D eigenvalue weighted by atomic mass is 10.3. The van der Waals surface area contributed by atoms with Crippen LogP contribution in [0.2, 0.25) is 0 Å². The van der Waals surface area contributed by atoms with E-state index in [1.807, 2.05) is 11.4 Å². The number of hydrogen-bond acceptors (Lipinski definition) is 4.